The van der Waals surface area contributed by atoms with E-state index in [9.17, 15) is 9.59 Å². The Bertz CT molecular complexity index is 1940. The number of hydrogen-bond donors (Lipinski definition) is 1. The van der Waals surface area contributed by atoms with Crippen LogP contribution in [0.2, 0.25) is 10.2 Å². The first-order valence-electron chi connectivity index (χ1n) is 13.7. The number of carbonyl (C=O) groups is 1. The van der Waals surface area contributed by atoms with Gasteiger partial charge < -0.3 is 5.32 Å². The van der Waals surface area contributed by atoms with Crippen molar-refractivity contribution in [3.63, 3.8) is 0 Å². The molecule has 0 saturated carbocycles. The van der Waals surface area contributed by atoms with Crippen LogP contribution in [0.25, 0.3) is 28.3 Å². The molecule has 1 aromatic carbocycles. The third-order valence-corrected chi connectivity index (χ3v) is 7.89. The predicted octanol–water partition coefficient (Wildman–Crippen LogP) is 3.48. The number of anilines is 1. The largest absolute Gasteiger partial charge is 0.323 e. The Morgan fingerprint density at radius 2 is 1.84 bits per heavy atom. The number of hydrogen-bond acceptors (Lipinski definition) is 7. The first-order valence-corrected chi connectivity index (χ1v) is 14.4. The molecule has 6 radical (unpaired) electrons. The zero-order chi connectivity index (χ0) is 31.2. The fourth-order valence-corrected chi connectivity index (χ4v) is 5.60. The van der Waals surface area contributed by atoms with Crippen molar-refractivity contribution in [3.05, 3.63) is 87.4 Å². The standard InChI is InChI=1S/C28H22B3Cl2N9O2/c1-15-3-2-4-22(16-7-8-34-20(9-16)26-21(37-27(15)44)12-36-42(26)28(29,30)31)40-14-35-19(11-25(40)43)18-10-17(32)5-6-23(18)41-13-24(33)38-39-41/h5-15,22H,2-4H2,1H3,(H,37,44)/t15-,22+/m1/s1. The molecule has 44 heavy (non-hydrogen) atoms. The maximum absolute atomic E-state index is 13.8. The summed E-state index contributed by atoms with van der Waals surface area (Å²) in [6.45, 7) is 1.84. The van der Waals surface area contributed by atoms with Gasteiger partial charge in [-0.15, -0.1) is 5.10 Å². The van der Waals surface area contributed by atoms with Gasteiger partial charge in [-0.3, -0.25) is 23.8 Å². The molecule has 0 fully saturated rings. The Hall–Kier alpha value is -4.16. The summed E-state index contributed by atoms with van der Waals surface area (Å²) < 4.78 is 4.25. The van der Waals surface area contributed by atoms with Crippen LogP contribution in [0.5, 0.6) is 0 Å². The Morgan fingerprint density at radius 1 is 1.02 bits per heavy atom. The van der Waals surface area contributed by atoms with Gasteiger partial charge in [0.15, 0.2) is 5.15 Å². The van der Waals surface area contributed by atoms with Gasteiger partial charge in [0.05, 0.1) is 71.1 Å². The number of fused-ring (bicyclic) bond motifs is 4. The molecular weight excluding hydrogens is 598 g/mol. The molecule has 1 amide bonds. The van der Waals surface area contributed by atoms with Crippen molar-refractivity contribution in [3.8, 4) is 28.3 Å². The van der Waals surface area contributed by atoms with E-state index in [0.717, 1.165) is 5.56 Å². The van der Waals surface area contributed by atoms with Crippen LogP contribution in [0.3, 0.4) is 0 Å². The Kier molecular flexibility index (Phi) is 7.98. The third kappa shape index (κ3) is 5.83. The SMILES string of the molecule is [B]C([B])([B])n1ncc2c1-c1cc(ccn1)[C@@H](n1cnc(-c3cc(Cl)ccc3-n3cc(Cl)nn3)cc1=O)CCC[C@@H](C)C(=O)N2. The van der Waals surface area contributed by atoms with Gasteiger partial charge in [-0.1, -0.05) is 41.8 Å². The molecule has 1 aliphatic rings. The molecule has 0 unspecified atom stereocenters. The second kappa shape index (κ2) is 11.7. The van der Waals surface area contributed by atoms with Crippen LogP contribution in [0.4, 0.5) is 5.69 Å². The highest BCUT2D eigenvalue weighted by atomic mass is 35.5. The highest BCUT2D eigenvalue weighted by Crippen LogP contribution is 2.34. The monoisotopic (exact) mass is 619 g/mol. The summed E-state index contributed by atoms with van der Waals surface area (Å²) in [4.78, 5) is 36.0. The molecular formula is C28H22B3Cl2N9O2. The Labute approximate surface area is 266 Å². The van der Waals surface area contributed by atoms with Crippen molar-refractivity contribution in [2.75, 3.05) is 5.32 Å². The first kappa shape index (κ1) is 29.9. The van der Waals surface area contributed by atoms with Crippen LogP contribution in [0, 0.1) is 5.92 Å². The summed E-state index contributed by atoms with van der Waals surface area (Å²) in [5.41, 5.74) is 3.15. The van der Waals surface area contributed by atoms with Gasteiger partial charge in [-0.2, -0.15) is 5.10 Å². The molecule has 2 atom stereocenters. The van der Waals surface area contributed by atoms with Crippen LogP contribution in [0.15, 0.2) is 66.1 Å². The molecule has 214 valence electrons. The molecule has 0 saturated heterocycles. The molecule has 0 aliphatic carbocycles. The maximum Gasteiger partial charge on any atom is 0.254 e. The van der Waals surface area contributed by atoms with Crippen molar-refractivity contribution in [1.82, 2.24) is 39.3 Å². The lowest BCUT2D eigenvalue weighted by atomic mass is 9.49. The van der Waals surface area contributed by atoms with Crippen LogP contribution in [-0.4, -0.2) is 68.8 Å². The van der Waals surface area contributed by atoms with E-state index in [1.54, 1.807) is 41.2 Å². The number of nitrogens with zero attached hydrogens (tertiary/aromatic N) is 8. The van der Waals surface area contributed by atoms with Crippen LogP contribution in [0.1, 0.15) is 37.8 Å². The van der Waals surface area contributed by atoms with Gasteiger partial charge in [0.2, 0.25) is 5.91 Å². The van der Waals surface area contributed by atoms with E-state index in [4.69, 9.17) is 46.7 Å². The molecule has 1 aliphatic heterocycles. The molecule has 5 aromatic rings. The zero-order valence-corrected chi connectivity index (χ0v) is 24.9. The van der Waals surface area contributed by atoms with Gasteiger partial charge in [0.25, 0.3) is 5.56 Å². The van der Waals surface area contributed by atoms with Crippen LogP contribution >= 0.6 is 23.2 Å². The van der Waals surface area contributed by atoms with Gasteiger partial charge in [-0.25, -0.2) is 9.67 Å². The lowest BCUT2D eigenvalue weighted by molar-refractivity contribution is -0.119. The number of halogens is 2. The summed E-state index contributed by atoms with van der Waals surface area (Å²) in [6.07, 6.45) is 7.86. The second-order valence-electron chi connectivity index (χ2n) is 10.7. The Morgan fingerprint density at radius 3 is 2.57 bits per heavy atom. The summed E-state index contributed by atoms with van der Waals surface area (Å²) in [5.74, 6) is -0.537. The van der Waals surface area contributed by atoms with E-state index in [0.29, 0.717) is 58.3 Å². The fourth-order valence-electron chi connectivity index (χ4n) is 5.30. The van der Waals surface area contributed by atoms with E-state index in [1.807, 2.05) is 13.0 Å². The van der Waals surface area contributed by atoms with Crippen molar-refractivity contribution < 1.29 is 4.79 Å². The molecule has 11 nitrogen and oxygen atoms in total. The Balaban J connectivity index is 1.46. The van der Waals surface area contributed by atoms with Crippen LogP contribution in [-0.2, 0) is 10.0 Å². The van der Waals surface area contributed by atoms with Crippen molar-refractivity contribution in [1.29, 1.82) is 0 Å². The summed E-state index contributed by atoms with van der Waals surface area (Å²) in [6, 6.07) is 9.78. The normalized spacial score (nSPS) is 17.3. The van der Waals surface area contributed by atoms with Gasteiger partial charge >= 0.3 is 0 Å². The van der Waals surface area contributed by atoms with E-state index in [-0.39, 0.29) is 22.5 Å². The topological polar surface area (TPSA) is 125 Å². The number of aromatic nitrogens is 8. The quantitative estimate of drug-likeness (QED) is 0.305. The number of benzene rings is 1. The van der Waals surface area contributed by atoms with Crippen molar-refractivity contribution in [2.24, 2.45) is 5.92 Å². The molecule has 2 bridgehead atoms. The number of amides is 1. The van der Waals surface area contributed by atoms with E-state index >= 15 is 0 Å². The molecule has 6 rings (SSSR count). The average molecular weight is 620 g/mol. The second-order valence-corrected chi connectivity index (χ2v) is 11.5. The van der Waals surface area contributed by atoms with E-state index < -0.39 is 11.3 Å². The summed E-state index contributed by atoms with van der Waals surface area (Å²) in [7, 11) is 18.0. The maximum atomic E-state index is 13.8. The lowest BCUT2D eigenvalue weighted by Crippen LogP contribution is -2.36. The molecule has 1 N–H and O–H groups in total. The summed E-state index contributed by atoms with van der Waals surface area (Å²) >= 11 is 12.3. The average Bonchev–Trinajstić information content (AvgIpc) is 3.61. The summed E-state index contributed by atoms with van der Waals surface area (Å²) in [5, 5.41) is 13.8. The number of pyridine rings is 1. The zero-order valence-electron chi connectivity index (χ0n) is 23.4. The molecule has 4 aromatic heterocycles. The molecule has 0 spiro atoms. The number of rotatable bonds is 4. The molecule has 16 heteroatoms. The predicted molar refractivity (Wildman–Crippen MR) is 169 cm³/mol. The smallest absolute Gasteiger partial charge is 0.254 e. The van der Waals surface area contributed by atoms with Gasteiger partial charge in [0, 0.05) is 28.8 Å². The fraction of sp³-hybridized carbons (Fsp3) is 0.250. The van der Waals surface area contributed by atoms with Crippen molar-refractivity contribution >= 4 is 58.3 Å². The minimum absolute atomic E-state index is 0.204. The molecule has 5 heterocycles. The van der Waals surface area contributed by atoms with Crippen LogP contribution < -0.4 is 10.9 Å². The highest BCUT2D eigenvalue weighted by Gasteiger charge is 2.27. The minimum Gasteiger partial charge on any atom is -0.323 e. The van der Waals surface area contributed by atoms with E-state index in [2.05, 4.69) is 30.7 Å². The third-order valence-electron chi connectivity index (χ3n) is 7.49. The van der Waals surface area contributed by atoms with E-state index in [1.165, 1.54) is 28.0 Å². The first-order chi connectivity index (χ1) is 21.0. The number of carbonyl (C=O) groups excluding carboxylic acids is 1. The van der Waals surface area contributed by atoms with Crippen molar-refractivity contribution in [2.45, 2.75) is 37.5 Å². The number of nitrogens with one attached hydrogen (secondary N) is 1. The lowest BCUT2D eigenvalue weighted by Gasteiger charge is -2.26. The minimum atomic E-state index is -1.87. The highest BCUT2D eigenvalue weighted by molar-refractivity contribution is 6.56. The van der Waals surface area contributed by atoms with Gasteiger partial charge in [0.1, 0.15) is 5.69 Å². The van der Waals surface area contributed by atoms with Gasteiger partial charge in [-0.05, 0) is 54.0 Å².